The number of hydrogen-bond acceptors (Lipinski definition) is 7. The van der Waals surface area contributed by atoms with Gasteiger partial charge in [0, 0.05) is 5.92 Å². The third kappa shape index (κ3) is 3.09. The van der Waals surface area contributed by atoms with Crippen LogP contribution in [0.25, 0.3) is 0 Å². The van der Waals surface area contributed by atoms with Crippen LogP contribution in [0.3, 0.4) is 0 Å². The maximum Gasteiger partial charge on any atom is 0.475 e. The van der Waals surface area contributed by atoms with Crippen molar-refractivity contribution < 1.29 is 33.1 Å². The molecule has 0 bridgehead atoms. The average Bonchev–Trinajstić information content (AvgIpc) is 2.56. The molecule has 0 radical (unpaired) electrons. The first-order chi connectivity index (χ1) is 9.16. The highest BCUT2D eigenvalue weighted by Gasteiger charge is 2.50. The molecule has 118 valence electrons. The Hall–Kier alpha value is -0.0100. The zero-order chi connectivity index (χ0) is 15.1. The molecule has 8 heteroatoms. The Morgan fingerprint density at radius 3 is 2.55 bits per heavy atom. The van der Waals surface area contributed by atoms with Gasteiger partial charge in [-0.1, -0.05) is 6.92 Å². The van der Waals surface area contributed by atoms with Gasteiger partial charge in [0.15, 0.2) is 0 Å². The zero-order valence-corrected chi connectivity index (χ0v) is 13.1. The lowest BCUT2D eigenvalue weighted by Gasteiger charge is -2.32. The standard InChI is InChI=1S/C12H23O7P/c1-7-5-16-20(15,19-8(7)2)17-6-10-11(13)12(4,14)9(3)18-10/h7-11,13-14H,5-6H2,1-4H3/t7?,8?,9-,10+,11+,12-,20?/m0/s1. The van der Waals surface area contributed by atoms with Gasteiger partial charge in [-0.3, -0.25) is 13.6 Å². The average molecular weight is 310 g/mol. The highest BCUT2D eigenvalue weighted by molar-refractivity contribution is 7.48. The van der Waals surface area contributed by atoms with Gasteiger partial charge in [0.25, 0.3) is 0 Å². The Kier molecular flexibility index (Phi) is 4.62. The maximum absolute atomic E-state index is 12.2. The summed E-state index contributed by atoms with van der Waals surface area (Å²) in [6, 6.07) is 0. The highest BCUT2D eigenvalue weighted by atomic mass is 31.2. The molecule has 2 fully saturated rings. The van der Waals surface area contributed by atoms with Crippen LogP contribution in [0.2, 0.25) is 0 Å². The van der Waals surface area contributed by atoms with Crippen molar-refractivity contribution in [1.82, 2.24) is 0 Å². The van der Waals surface area contributed by atoms with E-state index in [0.717, 1.165) is 0 Å². The molecule has 3 unspecified atom stereocenters. The molecule has 2 aliphatic rings. The van der Waals surface area contributed by atoms with E-state index in [2.05, 4.69) is 0 Å². The summed E-state index contributed by atoms with van der Waals surface area (Å²) in [5.41, 5.74) is -1.36. The predicted molar refractivity (Wildman–Crippen MR) is 70.2 cm³/mol. The van der Waals surface area contributed by atoms with Gasteiger partial charge in [0.05, 0.1) is 25.4 Å². The van der Waals surface area contributed by atoms with Gasteiger partial charge < -0.3 is 14.9 Å². The highest BCUT2D eigenvalue weighted by Crippen LogP contribution is 2.54. The molecule has 0 amide bonds. The monoisotopic (exact) mass is 310 g/mol. The lowest BCUT2D eigenvalue weighted by molar-refractivity contribution is -0.0579. The summed E-state index contributed by atoms with van der Waals surface area (Å²) < 4.78 is 33.2. The number of phosphoric ester groups is 1. The molecule has 0 saturated carbocycles. The molecule has 0 aromatic carbocycles. The first-order valence-electron chi connectivity index (χ1n) is 6.79. The van der Waals surface area contributed by atoms with E-state index in [9.17, 15) is 14.8 Å². The van der Waals surface area contributed by atoms with Gasteiger partial charge in [-0.15, -0.1) is 0 Å². The fourth-order valence-corrected chi connectivity index (χ4v) is 3.69. The van der Waals surface area contributed by atoms with Crippen LogP contribution in [-0.2, 0) is 22.9 Å². The zero-order valence-electron chi connectivity index (χ0n) is 12.2. The molecule has 0 aromatic rings. The Balaban J connectivity index is 1.91. The largest absolute Gasteiger partial charge is 0.475 e. The molecular formula is C12H23O7P. The molecule has 7 atom stereocenters. The van der Waals surface area contributed by atoms with E-state index in [1.807, 2.05) is 6.92 Å². The van der Waals surface area contributed by atoms with E-state index in [1.165, 1.54) is 6.92 Å². The number of aliphatic hydroxyl groups is 2. The second kappa shape index (κ2) is 5.65. The Bertz CT molecular complexity index is 399. The third-order valence-electron chi connectivity index (χ3n) is 4.14. The molecular weight excluding hydrogens is 287 g/mol. The molecule has 0 aromatic heterocycles. The second-order valence-corrected chi connectivity index (χ2v) is 7.44. The first kappa shape index (κ1) is 16.4. The fourth-order valence-electron chi connectivity index (χ4n) is 2.14. The number of hydrogen-bond donors (Lipinski definition) is 2. The summed E-state index contributed by atoms with van der Waals surface area (Å²) in [5, 5.41) is 20.0. The van der Waals surface area contributed by atoms with Crippen molar-refractivity contribution in [2.75, 3.05) is 13.2 Å². The molecule has 2 rings (SSSR count). The van der Waals surface area contributed by atoms with Crippen LogP contribution in [-0.4, -0.2) is 53.4 Å². The summed E-state index contributed by atoms with van der Waals surface area (Å²) >= 11 is 0. The molecule has 2 heterocycles. The first-order valence-corrected chi connectivity index (χ1v) is 8.25. The van der Waals surface area contributed by atoms with Gasteiger partial charge >= 0.3 is 7.82 Å². The summed E-state index contributed by atoms with van der Waals surface area (Å²) in [4.78, 5) is 0. The van der Waals surface area contributed by atoms with Crippen molar-refractivity contribution in [2.45, 2.75) is 57.7 Å². The van der Waals surface area contributed by atoms with Gasteiger partial charge in [0.1, 0.15) is 17.8 Å². The Labute approximate surface area is 118 Å². The van der Waals surface area contributed by atoms with E-state index in [4.69, 9.17) is 18.3 Å². The Morgan fingerprint density at radius 1 is 1.40 bits per heavy atom. The third-order valence-corrected chi connectivity index (χ3v) is 5.66. The van der Waals surface area contributed by atoms with Crippen molar-refractivity contribution in [3.8, 4) is 0 Å². The maximum atomic E-state index is 12.2. The number of ether oxygens (including phenoxy) is 1. The SMILES string of the molecule is CC1COP(=O)(OC[C@H]2O[C@@H](C)[C@](C)(O)[C@@H]2O)OC1C. The van der Waals surface area contributed by atoms with Crippen molar-refractivity contribution in [3.05, 3.63) is 0 Å². The summed E-state index contributed by atoms with van der Waals surface area (Å²) in [6.07, 6.45) is -2.66. The van der Waals surface area contributed by atoms with Crippen LogP contribution in [0.5, 0.6) is 0 Å². The van der Waals surface area contributed by atoms with E-state index in [0.29, 0.717) is 6.61 Å². The van der Waals surface area contributed by atoms with Crippen molar-refractivity contribution in [1.29, 1.82) is 0 Å². The normalized spacial score (nSPS) is 53.2. The molecule has 0 aliphatic carbocycles. The predicted octanol–water partition coefficient (Wildman–Crippen LogP) is 1.08. The smallest absolute Gasteiger partial charge is 0.387 e. The van der Waals surface area contributed by atoms with E-state index in [-0.39, 0.29) is 18.6 Å². The van der Waals surface area contributed by atoms with Gasteiger partial charge in [-0.25, -0.2) is 4.57 Å². The van der Waals surface area contributed by atoms with Crippen LogP contribution in [0, 0.1) is 5.92 Å². The van der Waals surface area contributed by atoms with Gasteiger partial charge in [-0.05, 0) is 20.8 Å². The lowest BCUT2D eigenvalue weighted by Crippen LogP contribution is -2.45. The van der Waals surface area contributed by atoms with Crippen LogP contribution >= 0.6 is 7.82 Å². The van der Waals surface area contributed by atoms with Crippen molar-refractivity contribution in [2.24, 2.45) is 5.92 Å². The summed E-state index contributed by atoms with van der Waals surface area (Å²) in [6.45, 7) is 7.00. The summed E-state index contributed by atoms with van der Waals surface area (Å²) in [7, 11) is -3.62. The topological polar surface area (TPSA) is 94.5 Å². The number of phosphoric acid groups is 1. The van der Waals surface area contributed by atoms with Crippen LogP contribution in [0.15, 0.2) is 0 Å². The van der Waals surface area contributed by atoms with E-state index in [1.54, 1.807) is 13.8 Å². The van der Waals surface area contributed by atoms with Gasteiger partial charge in [-0.2, -0.15) is 0 Å². The molecule has 2 N–H and O–H groups in total. The minimum Gasteiger partial charge on any atom is -0.387 e. The quantitative estimate of drug-likeness (QED) is 0.753. The van der Waals surface area contributed by atoms with Crippen LogP contribution in [0.1, 0.15) is 27.7 Å². The fraction of sp³-hybridized carbons (Fsp3) is 1.00. The molecule has 20 heavy (non-hydrogen) atoms. The minimum absolute atomic E-state index is 0.134. The molecule has 0 spiro atoms. The van der Waals surface area contributed by atoms with Crippen molar-refractivity contribution in [3.63, 3.8) is 0 Å². The second-order valence-electron chi connectivity index (χ2n) is 5.81. The number of aliphatic hydroxyl groups excluding tert-OH is 1. The van der Waals surface area contributed by atoms with Crippen LogP contribution < -0.4 is 0 Å². The minimum atomic E-state index is -3.62. The summed E-state index contributed by atoms with van der Waals surface area (Å²) in [5.74, 6) is 0.134. The van der Waals surface area contributed by atoms with E-state index >= 15 is 0 Å². The molecule has 2 saturated heterocycles. The van der Waals surface area contributed by atoms with E-state index < -0.39 is 31.7 Å². The number of rotatable bonds is 3. The van der Waals surface area contributed by atoms with Gasteiger partial charge in [0.2, 0.25) is 0 Å². The van der Waals surface area contributed by atoms with Crippen LogP contribution in [0.4, 0.5) is 0 Å². The molecule has 2 aliphatic heterocycles. The lowest BCUT2D eigenvalue weighted by atomic mass is 9.94. The van der Waals surface area contributed by atoms with Crippen molar-refractivity contribution >= 4 is 7.82 Å². The Morgan fingerprint density at radius 2 is 2.05 bits per heavy atom. The molecule has 7 nitrogen and oxygen atoms in total.